The summed E-state index contributed by atoms with van der Waals surface area (Å²) in [7, 11) is -1.84. The standard InChI is InChI=1S/C16H26N2O3S/c1-14-4-3-9-18(12-14)13-15-5-7-16(8-6-15)17-22(19,20)11-10-21-2/h5-8,14,17H,3-4,9-13H2,1-2H3/t14-/m1/s1. The van der Waals surface area contributed by atoms with E-state index in [0.717, 1.165) is 25.6 Å². The van der Waals surface area contributed by atoms with E-state index in [1.807, 2.05) is 24.3 Å². The molecule has 0 spiro atoms. The molecule has 1 heterocycles. The molecule has 2 rings (SSSR count). The van der Waals surface area contributed by atoms with Crippen molar-refractivity contribution in [3.63, 3.8) is 0 Å². The number of methoxy groups -OCH3 is 1. The van der Waals surface area contributed by atoms with Crippen LogP contribution in [0.1, 0.15) is 25.3 Å². The molecule has 0 aromatic heterocycles. The highest BCUT2D eigenvalue weighted by atomic mass is 32.2. The molecular formula is C16H26N2O3S. The van der Waals surface area contributed by atoms with E-state index >= 15 is 0 Å². The Bertz CT molecular complexity index is 557. The van der Waals surface area contributed by atoms with Gasteiger partial charge in [0.2, 0.25) is 10.0 Å². The van der Waals surface area contributed by atoms with Crippen LogP contribution in [0, 0.1) is 5.92 Å². The number of nitrogens with one attached hydrogen (secondary N) is 1. The Morgan fingerprint density at radius 3 is 2.68 bits per heavy atom. The molecule has 0 bridgehead atoms. The Balaban J connectivity index is 1.90. The number of benzene rings is 1. The lowest BCUT2D eigenvalue weighted by Crippen LogP contribution is -2.33. The molecule has 124 valence electrons. The number of anilines is 1. The smallest absolute Gasteiger partial charge is 0.234 e. The van der Waals surface area contributed by atoms with Gasteiger partial charge in [-0.25, -0.2) is 8.42 Å². The fourth-order valence-electron chi connectivity index (χ4n) is 2.79. The minimum absolute atomic E-state index is 0.0308. The maximum atomic E-state index is 11.8. The number of likely N-dealkylation sites (tertiary alicyclic amines) is 1. The molecule has 0 amide bonds. The van der Waals surface area contributed by atoms with Crippen molar-refractivity contribution in [2.75, 3.05) is 37.3 Å². The van der Waals surface area contributed by atoms with Crippen LogP contribution in [-0.2, 0) is 21.3 Å². The van der Waals surface area contributed by atoms with Crippen LogP contribution in [0.3, 0.4) is 0 Å². The van der Waals surface area contributed by atoms with Gasteiger partial charge in [0, 0.05) is 25.9 Å². The lowest BCUT2D eigenvalue weighted by Gasteiger charge is -2.30. The van der Waals surface area contributed by atoms with E-state index in [-0.39, 0.29) is 12.4 Å². The molecule has 5 nitrogen and oxygen atoms in total. The first kappa shape index (κ1) is 17.2. The van der Waals surface area contributed by atoms with Crippen molar-refractivity contribution in [3.05, 3.63) is 29.8 Å². The summed E-state index contributed by atoms with van der Waals surface area (Å²) >= 11 is 0. The van der Waals surface area contributed by atoms with Gasteiger partial charge in [-0.15, -0.1) is 0 Å². The first-order chi connectivity index (χ1) is 10.5. The Labute approximate surface area is 133 Å². The van der Waals surface area contributed by atoms with Crippen molar-refractivity contribution < 1.29 is 13.2 Å². The Morgan fingerprint density at radius 1 is 1.32 bits per heavy atom. The van der Waals surface area contributed by atoms with Crippen LogP contribution in [0.4, 0.5) is 5.69 Å². The summed E-state index contributed by atoms with van der Waals surface area (Å²) in [5.74, 6) is 0.734. The van der Waals surface area contributed by atoms with E-state index in [0.29, 0.717) is 5.69 Å². The maximum Gasteiger partial charge on any atom is 0.234 e. The minimum atomic E-state index is -3.33. The zero-order valence-electron chi connectivity index (χ0n) is 13.4. The molecule has 1 fully saturated rings. The normalized spacial score (nSPS) is 20.0. The van der Waals surface area contributed by atoms with E-state index in [1.54, 1.807) is 0 Å². The predicted molar refractivity (Wildman–Crippen MR) is 89.4 cm³/mol. The number of nitrogens with zero attached hydrogens (tertiary/aromatic N) is 1. The van der Waals surface area contributed by atoms with Gasteiger partial charge in [0.05, 0.1) is 12.4 Å². The second-order valence-corrected chi connectivity index (χ2v) is 7.94. The highest BCUT2D eigenvalue weighted by molar-refractivity contribution is 7.92. The predicted octanol–water partition coefficient (Wildman–Crippen LogP) is 2.31. The number of rotatable bonds is 7. The van der Waals surface area contributed by atoms with Crippen molar-refractivity contribution in [2.24, 2.45) is 5.92 Å². The molecule has 1 atom stereocenters. The molecule has 1 N–H and O–H groups in total. The van der Waals surface area contributed by atoms with Gasteiger partial charge >= 0.3 is 0 Å². The zero-order valence-corrected chi connectivity index (χ0v) is 14.2. The minimum Gasteiger partial charge on any atom is -0.384 e. The van der Waals surface area contributed by atoms with Crippen molar-refractivity contribution >= 4 is 15.7 Å². The number of sulfonamides is 1. The molecule has 1 aliphatic rings. The Kier molecular flexibility index (Phi) is 6.23. The van der Waals surface area contributed by atoms with Crippen molar-refractivity contribution in [2.45, 2.75) is 26.3 Å². The zero-order chi connectivity index (χ0) is 16.0. The maximum absolute atomic E-state index is 11.8. The van der Waals surface area contributed by atoms with Crippen LogP contribution < -0.4 is 4.72 Å². The largest absolute Gasteiger partial charge is 0.384 e. The third-order valence-corrected chi connectivity index (χ3v) is 5.18. The van der Waals surface area contributed by atoms with Gasteiger partial charge < -0.3 is 4.74 Å². The number of hydrogen-bond acceptors (Lipinski definition) is 4. The highest BCUT2D eigenvalue weighted by Crippen LogP contribution is 2.19. The summed E-state index contributed by atoms with van der Waals surface area (Å²) in [5, 5.41) is 0. The van der Waals surface area contributed by atoms with E-state index < -0.39 is 10.0 Å². The third-order valence-electron chi connectivity index (χ3n) is 3.93. The van der Waals surface area contributed by atoms with Gasteiger partial charge in [-0.1, -0.05) is 19.1 Å². The first-order valence-electron chi connectivity index (χ1n) is 7.79. The molecule has 1 aromatic carbocycles. The summed E-state index contributed by atoms with van der Waals surface area (Å²) in [4.78, 5) is 2.46. The molecule has 1 aromatic rings. The monoisotopic (exact) mass is 326 g/mol. The topological polar surface area (TPSA) is 58.6 Å². The van der Waals surface area contributed by atoms with E-state index in [1.165, 1.54) is 25.5 Å². The van der Waals surface area contributed by atoms with E-state index in [4.69, 9.17) is 4.74 Å². The van der Waals surface area contributed by atoms with Crippen LogP contribution in [0.2, 0.25) is 0 Å². The summed E-state index contributed by atoms with van der Waals surface area (Å²) in [6, 6.07) is 7.64. The molecule has 0 unspecified atom stereocenters. The lowest BCUT2D eigenvalue weighted by molar-refractivity contribution is 0.176. The molecule has 6 heteroatoms. The Morgan fingerprint density at radius 2 is 2.05 bits per heavy atom. The Hall–Kier alpha value is -1.11. The average Bonchev–Trinajstić information content (AvgIpc) is 2.47. The van der Waals surface area contributed by atoms with E-state index in [2.05, 4.69) is 16.5 Å². The van der Waals surface area contributed by atoms with E-state index in [9.17, 15) is 8.42 Å². The molecule has 0 saturated carbocycles. The van der Waals surface area contributed by atoms with Crippen molar-refractivity contribution in [3.8, 4) is 0 Å². The molecule has 0 radical (unpaired) electrons. The molecule has 1 aliphatic heterocycles. The third kappa shape index (κ3) is 5.59. The summed E-state index contributed by atoms with van der Waals surface area (Å²) in [6.45, 7) is 5.72. The second kappa shape index (κ2) is 7.94. The molecular weight excluding hydrogens is 300 g/mol. The summed E-state index contributed by atoms with van der Waals surface area (Å²) in [6.07, 6.45) is 2.58. The average molecular weight is 326 g/mol. The number of ether oxygens (including phenoxy) is 1. The fraction of sp³-hybridized carbons (Fsp3) is 0.625. The van der Waals surface area contributed by atoms with Crippen LogP contribution in [-0.4, -0.2) is 45.9 Å². The van der Waals surface area contributed by atoms with Crippen LogP contribution >= 0.6 is 0 Å². The van der Waals surface area contributed by atoms with Crippen molar-refractivity contribution in [1.29, 1.82) is 0 Å². The van der Waals surface area contributed by atoms with Gasteiger partial charge in [0.1, 0.15) is 0 Å². The summed E-state index contributed by atoms with van der Waals surface area (Å²) < 4.78 is 31.0. The molecule has 0 aliphatic carbocycles. The second-order valence-electron chi connectivity index (χ2n) is 6.09. The lowest BCUT2D eigenvalue weighted by atomic mass is 10.00. The highest BCUT2D eigenvalue weighted by Gasteiger charge is 2.16. The van der Waals surface area contributed by atoms with Gasteiger partial charge in [0.25, 0.3) is 0 Å². The van der Waals surface area contributed by atoms with Crippen LogP contribution in [0.15, 0.2) is 24.3 Å². The van der Waals surface area contributed by atoms with Crippen LogP contribution in [0.25, 0.3) is 0 Å². The number of hydrogen-bond donors (Lipinski definition) is 1. The first-order valence-corrected chi connectivity index (χ1v) is 9.44. The van der Waals surface area contributed by atoms with Crippen LogP contribution in [0.5, 0.6) is 0 Å². The quantitative estimate of drug-likeness (QED) is 0.835. The van der Waals surface area contributed by atoms with Gasteiger partial charge in [-0.3, -0.25) is 9.62 Å². The number of piperidine rings is 1. The SMILES string of the molecule is COCCS(=O)(=O)Nc1ccc(CN2CCC[C@@H](C)C2)cc1. The fourth-order valence-corrected chi connectivity index (χ4v) is 3.77. The van der Waals surface area contributed by atoms with Gasteiger partial charge in [0.15, 0.2) is 0 Å². The molecule has 22 heavy (non-hydrogen) atoms. The van der Waals surface area contributed by atoms with Gasteiger partial charge in [-0.05, 0) is 43.0 Å². The summed E-state index contributed by atoms with van der Waals surface area (Å²) in [5.41, 5.74) is 1.82. The van der Waals surface area contributed by atoms with Crippen molar-refractivity contribution in [1.82, 2.24) is 4.90 Å². The van der Waals surface area contributed by atoms with Gasteiger partial charge in [-0.2, -0.15) is 0 Å². The molecule has 1 saturated heterocycles.